The summed E-state index contributed by atoms with van der Waals surface area (Å²) in [5.41, 5.74) is -0.0597. The van der Waals surface area contributed by atoms with Crippen molar-refractivity contribution in [1.82, 2.24) is 9.55 Å². The fraction of sp³-hybridized carbons (Fsp3) is 0.125. The highest BCUT2D eigenvalue weighted by Crippen LogP contribution is 2.20. The predicted octanol–water partition coefficient (Wildman–Crippen LogP) is 3.14. The molecule has 0 unspecified atom stereocenters. The van der Waals surface area contributed by atoms with Gasteiger partial charge in [-0.15, -0.1) is 11.8 Å². The van der Waals surface area contributed by atoms with Gasteiger partial charge < -0.3 is 4.98 Å². The smallest absolute Gasteiger partial charge is 0.307 e. The van der Waals surface area contributed by atoms with E-state index in [1.807, 2.05) is 24.3 Å². The van der Waals surface area contributed by atoms with Gasteiger partial charge in [0.15, 0.2) is 0 Å². The molecule has 3 aromatic rings. The van der Waals surface area contributed by atoms with Crippen LogP contribution >= 0.6 is 23.4 Å². The first-order valence-corrected chi connectivity index (χ1v) is 8.12. The molecule has 0 saturated carbocycles. The number of benzene rings is 2. The van der Waals surface area contributed by atoms with Crippen molar-refractivity contribution in [2.45, 2.75) is 11.4 Å². The minimum absolute atomic E-state index is 0.254. The van der Waals surface area contributed by atoms with E-state index in [2.05, 4.69) is 4.98 Å². The lowest BCUT2D eigenvalue weighted by Crippen LogP contribution is -2.35. The third kappa shape index (κ3) is 3.10. The molecule has 0 atom stereocenters. The minimum atomic E-state index is -0.375. The molecule has 0 fully saturated rings. The van der Waals surface area contributed by atoms with Crippen LogP contribution < -0.4 is 11.2 Å². The molecule has 3 rings (SSSR count). The summed E-state index contributed by atoms with van der Waals surface area (Å²) in [6.07, 6.45) is 0. The number of nitrogens with one attached hydrogen (secondary N) is 1. The van der Waals surface area contributed by atoms with E-state index >= 15 is 0 Å². The van der Waals surface area contributed by atoms with Crippen molar-refractivity contribution in [3.8, 4) is 0 Å². The monoisotopic (exact) mass is 332 g/mol. The van der Waals surface area contributed by atoms with Gasteiger partial charge in [0.2, 0.25) is 0 Å². The fourth-order valence-electron chi connectivity index (χ4n) is 2.19. The number of H-pyrrole nitrogens is 1. The summed E-state index contributed by atoms with van der Waals surface area (Å²) < 4.78 is 1.24. The number of para-hydroxylation sites is 1. The average molecular weight is 333 g/mol. The summed E-state index contributed by atoms with van der Waals surface area (Å²) >= 11 is 7.41. The molecule has 112 valence electrons. The lowest BCUT2D eigenvalue weighted by atomic mass is 10.2. The van der Waals surface area contributed by atoms with E-state index in [1.54, 1.807) is 36.0 Å². The first kappa shape index (κ1) is 14.9. The Kier molecular flexibility index (Phi) is 4.36. The molecule has 22 heavy (non-hydrogen) atoms. The zero-order chi connectivity index (χ0) is 15.5. The molecule has 0 amide bonds. The molecule has 0 aliphatic heterocycles. The second kappa shape index (κ2) is 6.42. The van der Waals surface area contributed by atoms with Crippen LogP contribution in [-0.4, -0.2) is 15.3 Å². The Morgan fingerprint density at radius 2 is 1.77 bits per heavy atom. The van der Waals surface area contributed by atoms with E-state index in [1.165, 1.54) is 4.57 Å². The number of rotatable bonds is 4. The highest BCUT2D eigenvalue weighted by atomic mass is 35.5. The summed E-state index contributed by atoms with van der Waals surface area (Å²) in [6, 6.07) is 14.5. The Morgan fingerprint density at radius 1 is 1.05 bits per heavy atom. The number of nitrogens with zero attached hydrogens (tertiary/aromatic N) is 1. The predicted molar refractivity (Wildman–Crippen MR) is 91.0 cm³/mol. The van der Waals surface area contributed by atoms with Crippen LogP contribution in [0.4, 0.5) is 0 Å². The molecule has 1 aromatic heterocycles. The molecule has 0 spiro atoms. The fourth-order valence-corrected chi connectivity index (χ4v) is 3.15. The van der Waals surface area contributed by atoms with Crippen molar-refractivity contribution < 1.29 is 0 Å². The van der Waals surface area contributed by atoms with Crippen LogP contribution in [-0.2, 0) is 6.54 Å². The van der Waals surface area contributed by atoms with Crippen LogP contribution in [0.15, 0.2) is 63.0 Å². The number of aromatic nitrogens is 2. The molecule has 0 aliphatic carbocycles. The Morgan fingerprint density at radius 3 is 2.55 bits per heavy atom. The lowest BCUT2D eigenvalue weighted by Gasteiger charge is -2.06. The van der Waals surface area contributed by atoms with E-state index in [4.69, 9.17) is 11.6 Å². The highest BCUT2D eigenvalue weighted by Gasteiger charge is 2.06. The van der Waals surface area contributed by atoms with Crippen molar-refractivity contribution >= 4 is 34.3 Å². The normalized spacial score (nSPS) is 11.0. The van der Waals surface area contributed by atoms with Crippen LogP contribution in [0.1, 0.15) is 0 Å². The second-order valence-electron chi connectivity index (χ2n) is 4.73. The van der Waals surface area contributed by atoms with Gasteiger partial charge in [-0.25, -0.2) is 4.79 Å². The maximum atomic E-state index is 12.4. The third-order valence-corrected chi connectivity index (χ3v) is 4.53. The van der Waals surface area contributed by atoms with E-state index in [0.29, 0.717) is 28.2 Å². The van der Waals surface area contributed by atoms with Crippen molar-refractivity contribution in [2.24, 2.45) is 0 Å². The highest BCUT2D eigenvalue weighted by molar-refractivity contribution is 7.99. The number of halogens is 1. The molecule has 0 aliphatic rings. The second-order valence-corrected chi connectivity index (χ2v) is 6.34. The molecular formula is C16H13ClN2O2S. The van der Waals surface area contributed by atoms with E-state index in [9.17, 15) is 9.59 Å². The number of hydrogen-bond acceptors (Lipinski definition) is 3. The maximum absolute atomic E-state index is 12.4. The van der Waals surface area contributed by atoms with Gasteiger partial charge in [-0.1, -0.05) is 23.7 Å². The molecule has 0 bridgehead atoms. The standard InChI is InChI=1S/C16H13ClN2O2S/c17-11-5-7-12(8-6-11)22-10-9-19-15(20)13-3-1-2-4-14(13)18-16(19)21/h1-8H,9-10H2,(H,18,21). The van der Waals surface area contributed by atoms with Gasteiger partial charge in [0.05, 0.1) is 10.9 Å². The molecule has 4 nitrogen and oxygen atoms in total. The summed E-state index contributed by atoms with van der Waals surface area (Å²) in [7, 11) is 0. The number of hydrogen-bond donors (Lipinski definition) is 1. The zero-order valence-corrected chi connectivity index (χ0v) is 13.2. The van der Waals surface area contributed by atoms with Crippen LogP contribution in [0.25, 0.3) is 10.9 Å². The van der Waals surface area contributed by atoms with Gasteiger partial charge in [-0.2, -0.15) is 0 Å². The molecule has 2 aromatic carbocycles. The molecule has 0 radical (unpaired) electrons. The van der Waals surface area contributed by atoms with E-state index < -0.39 is 0 Å². The number of aromatic amines is 1. The molecular weight excluding hydrogens is 320 g/mol. The number of thioether (sulfide) groups is 1. The van der Waals surface area contributed by atoms with Gasteiger partial charge in [0, 0.05) is 22.2 Å². The van der Waals surface area contributed by atoms with Crippen molar-refractivity contribution in [3.05, 3.63) is 74.4 Å². The molecule has 0 saturated heterocycles. The van der Waals surface area contributed by atoms with Crippen LogP contribution in [0, 0.1) is 0 Å². The first-order chi connectivity index (χ1) is 10.6. The van der Waals surface area contributed by atoms with Gasteiger partial charge in [-0.05, 0) is 36.4 Å². The largest absolute Gasteiger partial charge is 0.328 e. The lowest BCUT2D eigenvalue weighted by molar-refractivity contribution is 0.691. The van der Waals surface area contributed by atoms with Crippen LogP contribution in [0.5, 0.6) is 0 Å². The SMILES string of the molecule is O=c1[nH]c2ccccc2c(=O)n1CCSc1ccc(Cl)cc1. The van der Waals surface area contributed by atoms with Crippen LogP contribution in [0.2, 0.25) is 5.02 Å². The molecule has 1 heterocycles. The molecule has 6 heteroatoms. The maximum Gasteiger partial charge on any atom is 0.328 e. The third-order valence-electron chi connectivity index (χ3n) is 3.29. The Hall–Kier alpha value is -1.98. The summed E-state index contributed by atoms with van der Waals surface area (Å²) in [5, 5.41) is 1.21. The summed E-state index contributed by atoms with van der Waals surface area (Å²) in [4.78, 5) is 28.2. The van der Waals surface area contributed by atoms with Crippen molar-refractivity contribution in [3.63, 3.8) is 0 Å². The van der Waals surface area contributed by atoms with Gasteiger partial charge in [0.25, 0.3) is 5.56 Å². The Bertz CT molecular complexity index is 916. The first-order valence-electron chi connectivity index (χ1n) is 6.75. The quantitative estimate of drug-likeness (QED) is 0.747. The van der Waals surface area contributed by atoms with Crippen LogP contribution in [0.3, 0.4) is 0 Å². The van der Waals surface area contributed by atoms with Gasteiger partial charge in [0.1, 0.15) is 0 Å². The van der Waals surface area contributed by atoms with E-state index in [-0.39, 0.29) is 11.2 Å². The van der Waals surface area contributed by atoms with Gasteiger partial charge >= 0.3 is 5.69 Å². The zero-order valence-electron chi connectivity index (χ0n) is 11.6. The van der Waals surface area contributed by atoms with Gasteiger partial charge in [-0.3, -0.25) is 9.36 Å². The molecule has 1 N–H and O–H groups in total. The Labute approximate surface area is 135 Å². The summed E-state index contributed by atoms with van der Waals surface area (Å²) in [6.45, 7) is 0.353. The summed E-state index contributed by atoms with van der Waals surface area (Å²) in [5.74, 6) is 0.628. The Balaban J connectivity index is 1.80. The van der Waals surface area contributed by atoms with Crippen molar-refractivity contribution in [1.29, 1.82) is 0 Å². The van der Waals surface area contributed by atoms with Crippen molar-refractivity contribution in [2.75, 3.05) is 5.75 Å². The number of fused-ring (bicyclic) bond motifs is 1. The average Bonchev–Trinajstić information content (AvgIpc) is 2.52. The minimum Gasteiger partial charge on any atom is -0.307 e. The van der Waals surface area contributed by atoms with E-state index in [0.717, 1.165) is 4.90 Å². The topological polar surface area (TPSA) is 54.9 Å².